The van der Waals surface area contributed by atoms with Crippen LogP contribution in [-0.4, -0.2) is 52.1 Å². The first kappa shape index (κ1) is 18.7. The van der Waals surface area contributed by atoms with Crippen LogP contribution < -0.4 is 10.5 Å². The number of anilines is 1. The summed E-state index contributed by atoms with van der Waals surface area (Å²) in [6.07, 6.45) is 0.604. The summed E-state index contributed by atoms with van der Waals surface area (Å²) >= 11 is 0. The van der Waals surface area contributed by atoms with E-state index in [0.717, 1.165) is 31.8 Å². The number of nitrogens with zero attached hydrogens (tertiary/aromatic N) is 4. The van der Waals surface area contributed by atoms with Crippen LogP contribution in [0, 0.1) is 11.8 Å². The number of aromatic nitrogens is 3. The minimum Gasteiger partial charge on any atom is -0.402 e. The maximum atomic E-state index is 12.6. The number of piperidine rings is 1. The lowest BCUT2D eigenvalue weighted by molar-refractivity contribution is -0.274. The molecule has 29 heavy (non-hydrogen) atoms. The van der Waals surface area contributed by atoms with Crippen LogP contribution in [0.15, 0.2) is 18.5 Å². The number of nitrogens with two attached hydrogens (primary N) is 1. The minimum atomic E-state index is -4.84. The maximum Gasteiger partial charge on any atom is 0.573 e. The molecule has 2 aromatic rings. The largest absolute Gasteiger partial charge is 0.573 e. The second kappa shape index (κ2) is 6.58. The predicted octanol–water partition coefficient (Wildman–Crippen LogP) is 3.38. The van der Waals surface area contributed by atoms with Crippen LogP contribution in [-0.2, 0) is 0 Å². The van der Waals surface area contributed by atoms with Gasteiger partial charge >= 0.3 is 6.36 Å². The zero-order valence-corrected chi connectivity index (χ0v) is 15.6. The topological polar surface area (TPSA) is 69.2 Å². The molecule has 156 valence electrons. The summed E-state index contributed by atoms with van der Waals surface area (Å²) in [5, 5.41) is 0. The van der Waals surface area contributed by atoms with Crippen LogP contribution in [0.3, 0.4) is 0 Å². The highest BCUT2D eigenvalue weighted by molar-refractivity contribution is 5.64. The molecule has 10 heteroatoms. The van der Waals surface area contributed by atoms with Crippen molar-refractivity contribution in [3.05, 3.63) is 24.3 Å². The minimum absolute atomic E-state index is 0.322. The van der Waals surface area contributed by atoms with Gasteiger partial charge in [-0.1, -0.05) is 0 Å². The molecule has 1 saturated heterocycles. The number of imidazole rings is 1. The zero-order chi connectivity index (χ0) is 20.3. The Labute approximate surface area is 164 Å². The lowest BCUT2D eigenvalue weighted by Crippen LogP contribution is -2.27. The van der Waals surface area contributed by atoms with Gasteiger partial charge in [0.25, 0.3) is 0 Å². The zero-order valence-electron chi connectivity index (χ0n) is 15.6. The van der Waals surface area contributed by atoms with Crippen molar-refractivity contribution in [2.24, 2.45) is 11.8 Å². The quantitative estimate of drug-likeness (QED) is 0.739. The van der Waals surface area contributed by atoms with Crippen LogP contribution in [0.5, 0.6) is 5.75 Å². The lowest BCUT2D eigenvalue weighted by Gasteiger charge is -2.18. The van der Waals surface area contributed by atoms with Gasteiger partial charge in [-0.2, -0.15) is 0 Å². The van der Waals surface area contributed by atoms with Crippen molar-refractivity contribution in [3.8, 4) is 17.0 Å². The predicted molar refractivity (Wildman–Crippen MR) is 97.0 cm³/mol. The summed E-state index contributed by atoms with van der Waals surface area (Å²) in [5.74, 6) is 1.48. The van der Waals surface area contributed by atoms with Gasteiger partial charge in [0.2, 0.25) is 0 Å². The van der Waals surface area contributed by atoms with Crippen molar-refractivity contribution in [1.29, 1.82) is 0 Å². The summed E-state index contributed by atoms with van der Waals surface area (Å²) in [7, 11) is 0. The summed E-state index contributed by atoms with van der Waals surface area (Å²) in [6.45, 7) is 1.90. The molecule has 1 aliphatic heterocycles. The number of alkyl halides is 4. The fourth-order valence-corrected chi connectivity index (χ4v) is 4.53. The van der Waals surface area contributed by atoms with E-state index >= 15 is 0 Å². The van der Waals surface area contributed by atoms with Gasteiger partial charge in [0.15, 0.2) is 11.6 Å². The van der Waals surface area contributed by atoms with Gasteiger partial charge in [0, 0.05) is 49.6 Å². The Kier molecular flexibility index (Phi) is 4.23. The molecule has 3 atom stereocenters. The molecule has 0 radical (unpaired) electrons. The first-order valence-electron chi connectivity index (χ1n) is 9.73. The number of hydrogen-bond donors (Lipinski definition) is 1. The van der Waals surface area contributed by atoms with E-state index in [0.29, 0.717) is 41.6 Å². The van der Waals surface area contributed by atoms with E-state index in [1.807, 2.05) is 6.20 Å². The monoisotopic (exact) mass is 411 g/mol. The average Bonchev–Trinajstić information content (AvgIpc) is 3.52. The second-order valence-electron chi connectivity index (χ2n) is 8.09. The number of ether oxygens (including phenoxy) is 1. The molecule has 0 amide bonds. The normalized spacial score (nSPS) is 26.6. The highest BCUT2D eigenvalue weighted by Gasteiger charge is 2.57. The van der Waals surface area contributed by atoms with E-state index in [2.05, 4.69) is 19.2 Å². The molecule has 2 aliphatic carbocycles. The van der Waals surface area contributed by atoms with Crippen molar-refractivity contribution in [1.82, 2.24) is 19.4 Å². The van der Waals surface area contributed by atoms with Crippen molar-refractivity contribution < 1.29 is 22.3 Å². The third-order valence-electron chi connectivity index (χ3n) is 6.05. The molecule has 0 bridgehead atoms. The molecule has 3 fully saturated rings. The third kappa shape index (κ3) is 3.54. The molecular weight excluding hydrogens is 390 g/mol. The van der Waals surface area contributed by atoms with Gasteiger partial charge in [-0.3, -0.25) is 0 Å². The molecule has 6 nitrogen and oxygen atoms in total. The molecule has 0 aromatic carbocycles. The average molecular weight is 411 g/mol. The molecule has 5 rings (SSSR count). The molecule has 2 N–H and O–H groups in total. The fraction of sp³-hybridized carbons (Fsp3) is 0.579. The summed E-state index contributed by atoms with van der Waals surface area (Å²) < 4.78 is 56.6. The van der Waals surface area contributed by atoms with Gasteiger partial charge in [-0.05, 0) is 30.7 Å². The second-order valence-corrected chi connectivity index (χ2v) is 8.09. The standard InChI is InChI=1S/C19H21F4N5O/c20-3-4-27-7-12-13(8-27)16(12)28-9-14(26-18(28)10-1-2-10)11-5-15(17(24)25-6-11)29-19(21,22)23/h5-6,9-10,12-13,16H,1-4,7-8H2,(H2,24,25)/t12-,13+,16-. The van der Waals surface area contributed by atoms with Gasteiger partial charge in [0.1, 0.15) is 12.5 Å². The van der Waals surface area contributed by atoms with Crippen LogP contribution in [0.2, 0.25) is 0 Å². The summed E-state index contributed by atoms with van der Waals surface area (Å²) in [4.78, 5) is 10.7. The van der Waals surface area contributed by atoms with Crippen LogP contribution in [0.4, 0.5) is 23.4 Å². The van der Waals surface area contributed by atoms with Crippen molar-refractivity contribution >= 4 is 5.82 Å². The van der Waals surface area contributed by atoms with Crippen LogP contribution >= 0.6 is 0 Å². The Bertz CT molecular complexity index is 914. The van der Waals surface area contributed by atoms with E-state index in [4.69, 9.17) is 10.7 Å². The van der Waals surface area contributed by atoms with Gasteiger partial charge in [-0.25, -0.2) is 14.4 Å². The number of likely N-dealkylation sites (tertiary alicyclic amines) is 1. The van der Waals surface area contributed by atoms with Crippen LogP contribution in [0.1, 0.15) is 30.6 Å². The van der Waals surface area contributed by atoms with Gasteiger partial charge in [0.05, 0.1) is 5.69 Å². The first-order chi connectivity index (χ1) is 13.8. The first-order valence-corrected chi connectivity index (χ1v) is 9.73. The van der Waals surface area contributed by atoms with E-state index in [1.54, 1.807) is 0 Å². The van der Waals surface area contributed by atoms with Gasteiger partial charge < -0.3 is 19.9 Å². The number of nitrogen functional groups attached to an aromatic ring is 1. The van der Waals surface area contributed by atoms with E-state index in [1.165, 1.54) is 12.3 Å². The Morgan fingerprint density at radius 3 is 2.55 bits per heavy atom. The number of hydrogen-bond acceptors (Lipinski definition) is 5. The number of pyridine rings is 1. The smallest absolute Gasteiger partial charge is 0.402 e. The summed E-state index contributed by atoms with van der Waals surface area (Å²) in [5.41, 5.74) is 6.53. The van der Waals surface area contributed by atoms with E-state index in [9.17, 15) is 17.6 Å². The Morgan fingerprint density at radius 2 is 1.93 bits per heavy atom. The Hall–Kier alpha value is -2.36. The highest BCUT2D eigenvalue weighted by Crippen LogP contribution is 2.57. The number of rotatable bonds is 6. The van der Waals surface area contributed by atoms with E-state index in [-0.39, 0.29) is 12.5 Å². The maximum absolute atomic E-state index is 12.6. The van der Waals surface area contributed by atoms with Crippen molar-refractivity contribution in [3.63, 3.8) is 0 Å². The molecular formula is C19H21F4N5O. The molecule has 2 saturated carbocycles. The van der Waals surface area contributed by atoms with Gasteiger partial charge in [-0.15, -0.1) is 13.2 Å². The third-order valence-corrected chi connectivity index (χ3v) is 6.05. The van der Waals surface area contributed by atoms with E-state index < -0.39 is 12.1 Å². The lowest BCUT2D eigenvalue weighted by atomic mass is 10.2. The number of fused-ring (bicyclic) bond motifs is 1. The van der Waals surface area contributed by atoms with Crippen molar-refractivity contribution in [2.75, 3.05) is 32.0 Å². The van der Waals surface area contributed by atoms with Crippen molar-refractivity contribution in [2.45, 2.75) is 31.2 Å². The molecule has 0 spiro atoms. The highest BCUT2D eigenvalue weighted by atomic mass is 19.4. The summed E-state index contributed by atoms with van der Waals surface area (Å²) in [6, 6.07) is 1.56. The fourth-order valence-electron chi connectivity index (χ4n) is 4.53. The molecule has 3 aliphatic rings. The SMILES string of the molecule is Nc1ncc(-c2cn([C@@H]3[C@@H]4CN(CCF)C[C@@H]43)c(C3CC3)n2)cc1OC(F)(F)F. The molecule has 0 unspecified atom stereocenters. The molecule has 3 heterocycles. The Morgan fingerprint density at radius 1 is 1.21 bits per heavy atom. The van der Waals surface area contributed by atoms with Crippen LogP contribution in [0.25, 0.3) is 11.3 Å². The Balaban J connectivity index is 1.42. The molecule has 2 aromatic heterocycles. The number of halogens is 4.